The van der Waals surface area contributed by atoms with Gasteiger partial charge in [-0.1, -0.05) is 13.8 Å². The van der Waals surface area contributed by atoms with Crippen molar-refractivity contribution in [2.24, 2.45) is 0 Å². The molecule has 0 unspecified atom stereocenters. The lowest BCUT2D eigenvalue weighted by Crippen LogP contribution is -2.14. The summed E-state index contributed by atoms with van der Waals surface area (Å²) in [6.45, 7) is 5.92. The molecule has 1 aliphatic rings. The molecule has 0 amide bonds. The van der Waals surface area contributed by atoms with E-state index in [1.807, 2.05) is 12.4 Å². The van der Waals surface area contributed by atoms with Gasteiger partial charge in [-0.05, 0) is 25.0 Å². The monoisotopic (exact) mass is 259 g/mol. The Morgan fingerprint density at radius 3 is 2.89 bits per heavy atom. The zero-order valence-corrected chi connectivity index (χ0v) is 11.6. The Hall–Kier alpha value is -1.55. The lowest BCUT2D eigenvalue weighted by molar-refractivity contribution is 0.433. The molecule has 2 aromatic heterocycles. The van der Waals surface area contributed by atoms with E-state index >= 15 is 0 Å². The van der Waals surface area contributed by atoms with E-state index < -0.39 is 0 Å². The smallest absolute Gasteiger partial charge is 0.123 e. The van der Waals surface area contributed by atoms with Crippen molar-refractivity contribution in [3.8, 4) is 0 Å². The normalized spacial score (nSPS) is 15.3. The Morgan fingerprint density at radius 1 is 1.37 bits per heavy atom. The first-order valence-electron chi connectivity index (χ1n) is 7.04. The molecule has 102 valence electrons. The van der Waals surface area contributed by atoms with E-state index in [-0.39, 0.29) is 0 Å². The molecule has 19 heavy (non-hydrogen) atoms. The summed E-state index contributed by atoms with van der Waals surface area (Å²) >= 11 is 0. The molecule has 2 heterocycles. The van der Waals surface area contributed by atoms with Crippen LogP contribution >= 0.6 is 0 Å². The Bertz CT molecular complexity index is 537. The molecule has 0 bridgehead atoms. The van der Waals surface area contributed by atoms with Crippen molar-refractivity contribution in [3.05, 3.63) is 41.9 Å². The SMILES string of the molecule is CC(C)c1nccn1Cc1ccc(CNC2CC2)o1. The van der Waals surface area contributed by atoms with Crippen LogP contribution in [0.25, 0.3) is 0 Å². The number of hydrogen-bond acceptors (Lipinski definition) is 3. The second-order valence-electron chi connectivity index (χ2n) is 5.59. The van der Waals surface area contributed by atoms with Gasteiger partial charge < -0.3 is 14.3 Å². The van der Waals surface area contributed by atoms with Crippen LogP contribution in [0.15, 0.2) is 28.9 Å². The fraction of sp³-hybridized carbons (Fsp3) is 0.533. The summed E-state index contributed by atoms with van der Waals surface area (Å²) in [6, 6.07) is 4.85. The van der Waals surface area contributed by atoms with Crippen molar-refractivity contribution >= 4 is 0 Å². The summed E-state index contributed by atoms with van der Waals surface area (Å²) in [7, 11) is 0. The molecule has 1 aliphatic carbocycles. The average molecular weight is 259 g/mol. The van der Waals surface area contributed by atoms with Gasteiger partial charge in [0.05, 0.1) is 13.1 Å². The number of imidazole rings is 1. The minimum atomic E-state index is 0.431. The van der Waals surface area contributed by atoms with Crippen molar-refractivity contribution in [1.29, 1.82) is 0 Å². The number of aromatic nitrogens is 2. The van der Waals surface area contributed by atoms with E-state index in [1.54, 1.807) is 0 Å². The van der Waals surface area contributed by atoms with Crippen molar-refractivity contribution in [2.45, 2.75) is 51.7 Å². The van der Waals surface area contributed by atoms with Crippen LogP contribution in [0.4, 0.5) is 0 Å². The molecule has 3 rings (SSSR count). The van der Waals surface area contributed by atoms with Gasteiger partial charge in [-0.25, -0.2) is 4.98 Å². The minimum Gasteiger partial charge on any atom is -0.463 e. The van der Waals surface area contributed by atoms with Gasteiger partial charge in [-0.2, -0.15) is 0 Å². The molecule has 1 N–H and O–H groups in total. The number of hydrogen-bond donors (Lipinski definition) is 1. The van der Waals surface area contributed by atoms with Crippen molar-refractivity contribution in [2.75, 3.05) is 0 Å². The van der Waals surface area contributed by atoms with Gasteiger partial charge in [-0.15, -0.1) is 0 Å². The van der Waals surface area contributed by atoms with Crippen LogP contribution in [0.5, 0.6) is 0 Å². The van der Waals surface area contributed by atoms with Crippen molar-refractivity contribution in [1.82, 2.24) is 14.9 Å². The van der Waals surface area contributed by atoms with Crippen LogP contribution in [0, 0.1) is 0 Å². The maximum atomic E-state index is 5.86. The third-order valence-corrected chi connectivity index (χ3v) is 3.45. The molecule has 0 saturated heterocycles. The maximum absolute atomic E-state index is 5.86. The number of furan rings is 1. The van der Waals surface area contributed by atoms with Gasteiger partial charge >= 0.3 is 0 Å². The van der Waals surface area contributed by atoms with Gasteiger partial charge in [0.1, 0.15) is 17.3 Å². The molecule has 0 aliphatic heterocycles. The first-order valence-corrected chi connectivity index (χ1v) is 7.04. The van der Waals surface area contributed by atoms with Crippen molar-refractivity contribution < 1.29 is 4.42 Å². The van der Waals surface area contributed by atoms with Crippen LogP contribution in [0.1, 0.15) is 50.0 Å². The minimum absolute atomic E-state index is 0.431. The predicted octanol–water partition coefficient (Wildman–Crippen LogP) is 2.90. The first kappa shape index (κ1) is 12.5. The second-order valence-corrected chi connectivity index (χ2v) is 5.59. The third-order valence-electron chi connectivity index (χ3n) is 3.45. The molecule has 4 heteroatoms. The van der Waals surface area contributed by atoms with E-state index in [0.29, 0.717) is 5.92 Å². The number of nitrogens with one attached hydrogen (secondary N) is 1. The zero-order valence-electron chi connectivity index (χ0n) is 11.6. The predicted molar refractivity (Wildman–Crippen MR) is 74.0 cm³/mol. The van der Waals surface area contributed by atoms with Gasteiger partial charge in [-0.3, -0.25) is 0 Å². The van der Waals surface area contributed by atoms with Gasteiger partial charge in [0.25, 0.3) is 0 Å². The summed E-state index contributed by atoms with van der Waals surface area (Å²) in [5.74, 6) is 3.55. The highest BCUT2D eigenvalue weighted by molar-refractivity contribution is 5.10. The second kappa shape index (κ2) is 5.21. The standard InChI is InChI=1S/C15H21N3O/c1-11(2)15-16-7-8-18(15)10-14-6-5-13(19-14)9-17-12-3-4-12/h5-8,11-12,17H,3-4,9-10H2,1-2H3. The number of rotatable bonds is 6. The van der Waals surface area contributed by atoms with Crippen molar-refractivity contribution in [3.63, 3.8) is 0 Å². The molecule has 1 fully saturated rings. The average Bonchev–Trinajstić information content (AvgIpc) is 2.91. The quantitative estimate of drug-likeness (QED) is 0.867. The first-order chi connectivity index (χ1) is 9.22. The summed E-state index contributed by atoms with van der Waals surface area (Å²) in [5.41, 5.74) is 0. The van der Waals surface area contributed by atoms with Crippen LogP contribution in [-0.4, -0.2) is 15.6 Å². The molecule has 1 saturated carbocycles. The van der Waals surface area contributed by atoms with E-state index in [1.165, 1.54) is 12.8 Å². The highest BCUT2D eigenvalue weighted by atomic mass is 16.3. The molecular formula is C15H21N3O. The Morgan fingerprint density at radius 2 is 2.16 bits per heavy atom. The number of nitrogens with zero attached hydrogens (tertiary/aromatic N) is 2. The maximum Gasteiger partial charge on any atom is 0.123 e. The Labute approximate surface area is 113 Å². The van der Waals surface area contributed by atoms with E-state index in [4.69, 9.17) is 4.42 Å². The molecule has 0 atom stereocenters. The van der Waals surface area contributed by atoms with E-state index in [0.717, 1.165) is 36.5 Å². The van der Waals surface area contributed by atoms with Gasteiger partial charge in [0.15, 0.2) is 0 Å². The summed E-state index contributed by atoms with van der Waals surface area (Å²) in [6.07, 6.45) is 6.48. The molecule has 0 spiro atoms. The van der Waals surface area contributed by atoms with Gasteiger partial charge in [0.2, 0.25) is 0 Å². The van der Waals surface area contributed by atoms with Crippen LogP contribution in [-0.2, 0) is 13.1 Å². The lowest BCUT2D eigenvalue weighted by Gasteiger charge is -2.08. The molecular weight excluding hydrogens is 238 g/mol. The highest BCUT2D eigenvalue weighted by Gasteiger charge is 2.20. The van der Waals surface area contributed by atoms with Gasteiger partial charge in [0, 0.05) is 24.4 Å². The lowest BCUT2D eigenvalue weighted by atomic mass is 10.2. The van der Waals surface area contributed by atoms with Crippen LogP contribution in [0.2, 0.25) is 0 Å². The molecule has 2 aromatic rings. The molecule has 4 nitrogen and oxygen atoms in total. The largest absolute Gasteiger partial charge is 0.463 e. The van der Waals surface area contributed by atoms with E-state index in [9.17, 15) is 0 Å². The molecule has 0 radical (unpaired) electrons. The summed E-state index contributed by atoms with van der Waals surface area (Å²) in [5, 5.41) is 3.46. The Kier molecular flexibility index (Phi) is 3.42. The zero-order chi connectivity index (χ0) is 13.2. The van der Waals surface area contributed by atoms with Crippen LogP contribution < -0.4 is 5.32 Å². The molecule has 0 aromatic carbocycles. The fourth-order valence-electron chi connectivity index (χ4n) is 2.26. The summed E-state index contributed by atoms with van der Waals surface area (Å²) in [4.78, 5) is 4.40. The highest BCUT2D eigenvalue weighted by Crippen LogP contribution is 2.20. The fourth-order valence-corrected chi connectivity index (χ4v) is 2.26. The van der Waals surface area contributed by atoms with Crippen LogP contribution in [0.3, 0.4) is 0 Å². The van der Waals surface area contributed by atoms with E-state index in [2.05, 4.69) is 40.8 Å². The Balaban J connectivity index is 1.63. The topological polar surface area (TPSA) is 43.0 Å². The summed E-state index contributed by atoms with van der Waals surface area (Å²) < 4.78 is 8.01. The third kappa shape index (κ3) is 3.07.